The van der Waals surface area contributed by atoms with E-state index in [1.165, 1.54) is 11.8 Å². The lowest BCUT2D eigenvalue weighted by Gasteiger charge is -2.20. The molecule has 1 amide bonds. The SMILES string of the molecule is COc1cc2c(c(OC)c1OC)-c1ccc(SC)c(=O)cc1[C@@H](NC(=O)CCCCCO)CC2. The molecule has 1 atom stereocenters. The van der Waals surface area contributed by atoms with Gasteiger partial charge in [-0.2, -0.15) is 0 Å². The van der Waals surface area contributed by atoms with Gasteiger partial charge in [-0.15, -0.1) is 11.8 Å². The Hall–Kier alpha value is -2.71. The molecule has 0 saturated carbocycles. The van der Waals surface area contributed by atoms with Gasteiger partial charge in [-0.25, -0.2) is 0 Å². The Labute approximate surface area is 204 Å². The molecule has 0 saturated heterocycles. The molecule has 0 bridgehead atoms. The predicted octanol–water partition coefficient (Wildman–Crippen LogP) is 4.12. The van der Waals surface area contributed by atoms with Crippen molar-refractivity contribution >= 4 is 17.7 Å². The fourth-order valence-corrected chi connectivity index (χ4v) is 4.92. The number of aliphatic hydroxyl groups excluding tert-OH is 1. The third-order valence-electron chi connectivity index (χ3n) is 6.12. The van der Waals surface area contributed by atoms with Crippen molar-refractivity contribution in [2.24, 2.45) is 0 Å². The number of methoxy groups -OCH3 is 3. The van der Waals surface area contributed by atoms with Gasteiger partial charge in [0.2, 0.25) is 11.7 Å². The highest BCUT2D eigenvalue weighted by atomic mass is 32.2. The molecule has 184 valence electrons. The van der Waals surface area contributed by atoms with Crippen LogP contribution in [0, 0.1) is 0 Å². The van der Waals surface area contributed by atoms with Gasteiger partial charge in [0, 0.05) is 18.6 Å². The molecule has 0 spiro atoms. The quantitative estimate of drug-likeness (QED) is 0.385. The molecule has 2 aromatic rings. The maximum Gasteiger partial charge on any atom is 0.220 e. The van der Waals surface area contributed by atoms with Crippen molar-refractivity contribution in [1.29, 1.82) is 0 Å². The Morgan fingerprint density at radius 1 is 1.09 bits per heavy atom. The Morgan fingerprint density at radius 3 is 2.50 bits per heavy atom. The number of hydrogen-bond donors (Lipinski definition) is 2. The van der Waals surface area contributed by atoms with Gasteiger partial charge in [-0.3, -0.25) is 9.59 Å². The highest BCUT2D eigenvalue weighted by Crippen LogP contribution is 2.50. The van der Waals surface area contributed by atoms with Crippen molar-refractivity contribution in [3.05, 3.63) is 45.6 Å². The molecule has 3 rings (SSSR count). The van der Waals surface area contributed by atoms with E-state index in [1.54, 1.807) is 27.4 Å². The van der Waals surface area contributed by atoms with Crippen LogP contribution >= 0.6 is 11.8 Å². The first-order valence-corrected chi connectivity index (χ1v) is 12.7. The molecular formula is C26H33NO6S. The van der Waals surface area contributed by atoms with E-state index in [-0.39, 0.29) is 24.0 Å². The molecule has 2 N–H and O–H groups in total. The van der Waals surface area contributed by atoms with Gasteiger partial charge >= 0.3 is 0 Å². The van der Waals surface area contributed by atoms with Crippen molar-refractivity contribution < 1.29 is 24.1 Å². The van der Waals surface area contributed by atoms with Crippen molar-refractivity contribution in [2.75, 3.05) is 34.2 Å². The number of rotatable bonds is 10. The number of aryl methyl sites for hydroxylation is 1. The van der Waals surface area contributed by atoms with Crippen LogP contribution in [0.15, 0.2) is 34.0 Å². The summed E-state index contributed by atoms with van der Waals surface area (Å²) in [5, 5.41) is 12.1. The van der Waals surface area contributed by atoms with E-state index >= 15 is 0 Å². The zero-order valence-electron chi connectivity index (χ0n) is 20.2. The number of benzene rings is 1. The zero-order chi connectivity index (χ0) is 24.7. The van der Waals surface area contributed by atoms with Crippen LogP contribution in [0.25, 0.3) is 11.1 Å². The lowest BCUT2D eigenvalue weighted by atomic mass is 9.95. The average molecular weight is 488 g/mol. The Balaban J connectivity index is 2.15. The van der Waals surface area contributed by atoms with E-state index in [4.69, 9.17) is 19.3 Å². The summed E-state index contributed by atoms with van der Waals surface area (Å²) in [4.78, 5) is 26.4. The number of thioether (sulfide) groups is 1. The van der Waals surface area contributed by atoms with Crippen LogP contribution in [-0.2, 0) is 11.2 Å². The van der Waals surface area contributed by atoms with E-state index in [9.17, 15) is 9.59 Å². The minimum atomic E-state index is -0.329. The highest BCUT2D eigenvalue weighted by Gasteiger charge is 2.29. The summed E-state index contributed by atoms with van der Waals surface area (Å²) in [6.07, 6.45) is 5.72. The van der Waals surface area contributed by atoms with Gasteiger partial charge in [-0.1, -0.05) is 12.5 Å². The second kappa shape index (κ2) is 12.1. The minimum Gasteiger partial charge on any atom is -0.493 e. The van der Waals surface area contributed by atoms with Crippen molar-refractivity contribution in [3.8, 4) is 28.4 Å². The molecule has 0 unspecified atom stereocenters. The number of ether oxygens (including phenoxy) is 3. The molecule has 2 aromatic carbocycles. The second-order valence-corrected chi connectivity index (χ2v) is 9.00. The number of fused-ring (bicyclic) bond motifs is 3. The number of unbranched alkanes of at least 4 members (excludes halogenated alkanes) is 2. The first-order chi connectivity index (χ1) is 16.5. The van der Waals surface area contributed by atoms with Gasteiger partial charge in [0.15, 0.2) is 16.9 Å². The van der Waals surface area contributed by atoms with Crippen molar-refractivity contribution in [1.82, 2.24) is 5.32 Å². The molecule has 1 aliphatic rings. The van der Waals surface area contributed by atoms with Crippen molar-refractivity contribution in [2.45, 2.75) is 49.5 Å². The lowest BCUT2D eigenvalue weighted by Crippen LogP contribution is -2.28. The van der Waals surface area contributed by atoms with E-state index < -0.39 is 0 Å². The van der Waals surface area contributed by atoms with Gasteiger partial charge in [0.05, 0.1) is 32.3 Å². The van der Waals surface area contributed by atoms with Crippen LogP contribution in [0.4, 0.5) is 0 Å². The number of amides is 1. The largest absolute Gasteiger partial charge is 0.493 e. The first-order valence-electron chi connectivity index (χ1n) is 11.4. The summed E-state index contributed by atoms with van der Waals surface area (Å²) in [6.45, 7) is 0.130. The molecule has 7 nitrogen and oxygen atoms in total. The number of nitrogens with one attached hydrogen (secondary N) is 1. The van der Waals surface area contributed by atoms with Gasteiger partial charge in [0.1, 0.15) is 0 Å². The average Bonchev–Trinajstić information content (AvgIpc) is 3.09. The normalized spacial score (nSPS) is 14.4. The van der Waals surface area contributed by atoms with E-state index in [0.29, 0.717) is 54.2 Å². The molecule has 34 heavy (non-hydrogen) atoms. The van der Waals surface area contributed by atoms with Crippen LogP contribution in [0.5, 0.6) is 17.2 Å². The van der Waals surface area contributed by atoms with Crippen molar-refractivity contribution in [3.63, 3.8) is 0 Å². The molecule has 0 aromatic heterocycles. The third-order valence-corrected chi connectivity index (χ3v) is 6.89. The fourth-order valence-electron chi connectivity index (χ4n) is 4.46. The molecule has 0 aliphatic heterocycles. The fraction of sp³-hybridized carbons (Fsp3) is 0.462. The maximum absolute atomic E-state index is 13.0. The highest BCUT2D eigenvalue weighted by molar-refractivity contribution is 7.98. The van der Waals surface area contributed by atoms with Crippen LogP contribution in [-0.4, -0.2) is 45.2 Å². The lowest BCUT2D eigenvalue weighted by molar-refractivity contribution is -0.122. The van der Waals surface area contributed by atoms with Crippen LogP contribution < -0.4 is 25.0 Å². The van der Waals surface area contributed by atoms with Gasteiger partial charge in [0.25, 0.3) is 0 Å². The Morgan fingerprint density at radius 2 is 1.85 bits per heavy atom. The molecule has 1 aliphatic carbocycles. The topological polar surface area (TPSA) is 94.1 Å². The first kappa shape index (κ1) is 25.9. The smallest absolute Gasteiger partial charge is 0.220 e. The van der Waals surface area contributed by atoms with Gasteiger partial charge in [-0.05, 0) is 66.8 Å². The van der Waals surface area contributed by atoms with Crippen LogP contribution in [0.3, 0.4) is 0 Å². The molecular weight excluding hydrogens is 454 g/mol. The zero-order valence-corrected chi connectivity index (χ0v) is 21.0. The van der Waals surface area contributed by atoms with E-state index in [1.807, 2.05) is 24.5 Å². The summed E-state index contributed by atoms with van der Waals surface area (Å²) in [6, 6.07) is 7.01. The Kier molecular flexibility index (Phi) is 9.24. The summed E-state index contributed by atoms with van der Waals surface area (Å²) < 4.78 is 17.0. The number of hydrogen-bond acceptors (Lipinski definition) is 7. The number of aliphatic hydroxyl groups is 1. The molecule has 0 fully saturated rings. The molecule has 8 heteroatoms. The number of carbonyl (C=O) groups is 1. The summed E-state index contributed by atoms with van der Waals surface area (Å²) in [5.74, 6) is 1.53. The van der Waals surface area contributed by atoms with Crippen LogP contribution in [0.2, 0.25) is 0 Å². The van der Waals surface area contributed by atoms with Crippen LogP contribution in [0.1, 0.15) is 49.3 Å². The standard InChI is InChI=1S/C26H33NO6S/c1-31-21-14-16-9-11-19(27-23(30)8-6-5-7-13-28)18-15-20(29)22(34-4)12-10-17(18)24(16)26(33-3)25(21)32-2/h10,12,14-15,19,28H,5-9,11,13H2,1-4H3,(H,27,30)/t19-/m0/s1. The third kappa shape index (κ3) is 5.50. The summed E-state index contributed by atoms with van der Waals surface area (Å²) in [5.41, 5.74) is 3.35. The van der Waals surface area contributed by atoms with E-state index in [2.05, 4.69) is 5.32 Å². The van der Waals surface area contributed by atoms with Gasteiger partial charge < -0.3 is 24.6 Å². The Bertz CT molecular complexity index is 1090. The van der Waals surface area contributed by atoms with E-state index in [0.717, 1.165) is 28.7 Å². The molecule has 0 heterocycles. The minimum absolute atomic E-state index is 0.0639. The second-order valence-electron chi connectivity index (χ2n) is 8.15. The molecule has 0 radical (unpaired) electrons. The summed E-state index contributed by atoms with van der Waals surface area (Å²) >= 11 is 1.39. The number of carbonyl (C=O) groups excluding carboxylic acids is 1. The summed E-state index contributed by atoms with van der Waals surface area (Å²) in [7, 11) is 4.74. The predicted molar refractivity (Wildman–Crippen MR) is 134 cm³/mol. The monoisotopic (exact) mass is 487 g/mol. The maximum atomic E-state index is 13.0.